The lowest BCUT2D eigenvalue weighted by atomic mass is 9.62. The Labute approximate surface area is 363 Å². The van der Waals surface area contributed by atoms with Gasteiger partial charge >= 0.3 is 5.97 Å². The van der Waals surface area contributed by atoms with Gasteiger partial charge in [0, 0.05) is 39.3 Å². The number of rotatable bonds is 14. The zero-order chi connectivity index (χ0) is 44.0. The van der Waals surface area contributed by atoms with Crippen molar-refractivity contribution in [3.8, 4) is 0 Å². The van der Waals surface area contributed by atoms with Crippen LogP contribution >= 0.6 is 0 Å². The fraction of sp³-hybridized carbons (Fsp3) is 0.500. The van der Waals surface area contributed by atoms with E-state index in [9.17, 15) is 35.1 Å². The molecule has 0 aromatic heterocycles. The quantitative estimate of drug-likeness (QED) is 0.115. The first kappa shape index (κ1) is 43.6. The van der Waals surface area contributed by atoms with Crippen molar-refractivity contribution < 1.29 is 68.4 Å². The summed E-state index contributed by atoms with van der Waals surface area (Å²) >= 11 is 0. The Bertz CT molecular complexity index is 2170. The second-order valence-corrected chi connectivity index (χ2v) is 17.2. The molecule has 12 atom stereocenters. The summed E-state index contributed by atoms with van der Waals surface area (Å²) in [5.74, 6) is -2.65. The van der Waals surface area contributed by atoms with Crippen LogP contribution in [0.3, 0.4) is 0 Å². The Morgan fingerprint density at radius 3 is 2.38 bits per heavy atom. The third-order valence-electron chi connectivity index (χ3n) is 13.3. The van der Waals surface area contributed by atoms with E-state index in [-0.39, 0.29) is 39.1 Å². The van der Waals surface area contributed by atoms with Gasteiger partial charge in [-0.25, -0.2) is 0 Å². The number of ether oxygens (including phenoxy) is 5. The molecule has 4 aliphatic heterocycles. The van der Waals surface area contributed by atoms with E-state index >= 15 is 4.79 Å². The SMILES string of the molecule is CN(C(=O)C12CC3OC(=O)C1N(Cc1cccc(C=CCOC4OC(CO)C(O)C(O)C4O)c1)OC2C1OC2(Cc4ccccc4C2)OC31)C(Cc1ccccc1)C(=O)NCCO. The van der Waals surface area contributed by atoms with Crippen molar-refractivity contribution >= 4 is 23.9 Å². The van der Waals surface area contributed by atoms with Gasteiger partial charge in [-0.15, -0.1) is 0 Å². The minimum absolute atomic E-state index is 0.00718. The number of hydroxylamine groups is 2. The largest absolute Gasteiger partial charge is 0.458 e. The van der Waals surface area contributed by atoms with Crippen LogP contribution in [-0.2, 0) is 68.7 Å². The Morgan fingerprint density at radius 2 is 1.65 bits per heavy atom. The van der Waals surface area contributed by atoms with Crippen molar-refractivity contribution in [2.75, 3.05) is 33.4 Å². The Balaban J connectivity index is 0.998. The molecular weight excluding hydrogens is 819 g/mol. The number of aliphatic hydroxyl groups is 5. The smallest absolute Gasteiger partial charge is 0.327 e. The van der Waals surface area contributed by atoms with E-state index in [1.54, 1.807) is 19.2 Å². The molecule has 4 saturated heterocycles. The molecule has 1 spiro atoms. The molecule has 6 N–H and O–H groups in total. The summed E-state index contributed by atoms with van der Waals surface area (Å²) < 4.78 is 30.9. The second kappa shape index (κ2) is 17.7. The van der Waals surface area contributed by atoms with Gasteiger partial charge < -0.3 is 59.4 Å². The van der Waals surface area contributed by atoms with Crippen molar-refractivity contribution in [3.05, 3.63) is 113 Å². The van der Waals surface area contributed by atoms with Crippen LogP contribution in [0.15, 0.2) is 84.9 Å². The maximum atomic E-state index is 15.5. The molecule has 3 aromatic rings. The van der Waals surface area contributed by atoms with E-state index in [0.29, 0.717) is 12.8 Å². The number of nitrogens with one attached hydrogen (secondary N) is 1. The Morgan fingerprint density at radius 1 is 0.937 bits per heavy atom. The fourth-order valence-electron chi connectivity index (χ4n) is 10.3. The number of nitrogens with zero attached hydrogens (tertiary/aromatic N) is 2. The van der Waals surface area contributed by atoms with E-state index < -0.39 is 103 Å². The van der Waals surface area contributed by atoms with E-state index in [1.165, 1.54) is 9.96 Å². The summed E-state index contributed by atoms with van der Waals surface area (Å²) in [5.41, 5.74) is 2.90. The highest BCUT2D eigenvalue weighted by Crippen LogP contribution is 2.59. The summed E-state index contributed by atoms with van der Waals surface area (Å²) in [4.78, 5) is 52.1. The molecule has 6 aliphatic rings. The number of carbonyl (C=O) groups is 3. The number of likely N-dealkylation sites (N-methyl/N-ethyl adjacent to an activating group) is 1. The molecule has 3 aromatic carbocycles. The van der Waals surface area contributed by atoms with Crippen LogP contribution in [0.2, 0.25) is 0 Å². The summed E-state index contributed by atoms with van der Waals surface area (Å²) in [5, 5.41) is 53.8. The van der Waals surface area contributed by atoms with Gasteiger partial charge in [0.1, 0.15) is 60.3 Å². The molecule has 4 heterocycles. The van der Waals surface area contributed by atoms with Crippen molar-refractivity contribution in [1.82, 2.24) is 15.3 Å². The maximum Gasteiger partial charge on any atom is 0.327 e. The molecule has 5 fully saturated rings. The topological polar surface area (TPSA) is 226 Å². The molecule has 1 saturated carbocycles. The highest BCUT2D eigenvalue weighted by atomic mass is 16.8. The van der Waals surface area contributed by atoms with Crippen LogP contribution in [0.4, 0.5) is 0 Å². The van der Waals surface area contributed by atoms with Gasteiger partial charge in [-0.3, -0.25) is 19.2 Å². The van der Waals surface area contributed by atoms with Gasteiger partial charge in [-0.05, 0) is 27.8 Å². The zero-order valence-corrected chi connectivity index (χ0v) is 34.7. The lowest BCUT2D eigenvalue weighted by molar-refractivity contribution is -0.298. The Hall–Kier alpha value is -4.63. The number of hydrogen-bond donors (Lipinski definition) is 6. The minimum atomic E-state index is -1.56. The standard InChI is InChI=1S/C46H53N3O14/c1-48(31(41(55)47-16-17-50)20-27-9-3-2-4-10-27)44(57)46-23-32-37-38(62-45(61-37)21-29-14-5-6-15-30(29)22-45)40(46)63-49(39(46)42(56)59-32)24-28-12-7-11-26(19-28)13-8-18-58-43-36(54)35(53)34(52)33(25-51)60-43/h2-15,19,31-40,43,50-54H,16-18,20-25H2,1H3,(H,47,55). The number of carbonyl (C=O) groups excluding carboxylic acids is 3. The monoisotopic (exact) mass is 871 g/mol. The molecule has 2 aliphatic carbocycles. The number of aliphatic hydroxyl groups excluding tert-OH is 5. The van der Waals surface area contributed by atoms with Crippen LogP contribution in [0.5, 0.6) is 0 Å². The minimum Gasteiger partial charge on any atom is -0.458 e. The molecule has 336 valence electrons. The van der Waals surface area contributed by atoms with Crippen molar-refractivity contribution in [2.45, 2.75) is 105 Å². The van der Waals surface area contributed by atoms with Crippen LogP contribution in [-0.4, -0.2) is 160 Å². The van der Waals surface area contributed by atoms with Gasteiger partial charge in [0.15, 0.2) is 18.1 Å². The maximum absolute atomic E-state index is 15.5. The predicted molar refractivity (Wildman–Crippen MR) is 219 cm³/mol. The lowest BCUT2D eigenvalue weighted by Crippen LogP contribution is -2.70. The summed E-state index contributed by atoms with van der Waals surface area (Å²) in [6, 6.07) is 22.5. The van der Waals surface area contributed by atoms with Crippen LogP contribution in [0.1, 0.15) is 34.2 Å². The normalized spacial score (nSPS) is 33.2. The number of hydrogen-bond acceptors (Lipinski definition) is 15. The summed E-state index contributed by atoms with van der Waals surface area (Å²) in [6.45, 7) is -0.855. The Kier molecular flexibility index (Phi) is 12.3. The average molecular weight is 872 g/mol. The molecule has 63 heavy (non-hydrogen) atoms. The zero-order valence-electron chi connectivity index (χ0n) is 34.7. The van der Waals surface area contributed by atoms with Crippen LogP contribution in [0.25, 0.3) is 6.08 Å². The van der Waals surface area contributed by atoms with Gasteiger partial charge in [-0.1, -0.05) is 91.0 Å². The van der Waals surface area contributed by atoms with Gasteiger partial charge in [0.2, 0.25) is 11.8 Å². The van der Waals surface area contributed by atoms with E-state index in [0.717, 1.165) is 27.8 Å². The second-order valence-electron chi connectivity index (χ2n) is 17.2. The first-order chi connectivity index (χ1) is 30.4. The number of fused-ring (bicyclic) bond motifs is 5. The highest BCUT2D eigenvalue weighted by Gasteiger charge is 2.77. The molecule has 17 heteroatoms. The lowest BCUT2D eigenvalue weighted by Gasteiger charge is -2.50. The molecule has 0 radical (unpaired) electrons. The van der Waals surface area contributed by atoms with Gasteiger partial charge in [-0.2, -0.15) is 5.06 Å². The molecule has 12 unspecified atom stereocenters. The number of amides is 2. The van der Waals surface area contributed by atoms with E-state index in [4.69, 9.17) is 28.5 Å². The highest BCUT2D eigenvalue weighted by molar-refractivity contribution is 5.96. The molecule has 2 amide bonds. The number of esters is 1. The van der Waals surface area contributed by atoms with Crippen molar-refractivity contribution in [3.63, 3.8) is 0 Å². The average Bonchev–Trinajstić information content (AvgIpc) is 3.97. The van der Waals surface area contributed by atoms with Gasteiger partial charge in [0.25, 0.3) is 0 Å². The first-order valence-corrected chi connectivity index (χ1v) is 21.4. The molecule has 2 bridgehead atoms. The number of benzene rings is 3. The van der Waals surface area contributed by atoms with Crippen molar-refractivity contribution in [2.24, 2.45) is 5.41 Å². The molecule has 9 rings (SSSR count). The molecular formula is C46H53N3O14. The van der Waals surface area contributed by atoms with Gasteiger partial charge in [0.05, 0.1) is 26.4 Å². The van der Waals surface area contributed by atoms with Crippen LogP contribution < -0.4 is 5.32 Å². The predicted octanol–water partition coefficient (Wildman–Crippen LogP) is -0.226. The summed E-state index contributed by atoms with van der Waals surface area (Å²) in [6.07, 6.45) is -5.76. The first-order valence-electron chi connectivity index (χ1n) is 21.4. The van der Waals surface area contributed by atoms with E-state index in [2.05, 4.69) is 5.32 Å². The molecule has 17 nitrogen and oxygen atoms in total. The fourth-order valence-corrected chi connectivity index (χ4v) is 10.3. The van der Waals surface area contributed by atoms with E-state index in [1.807, 2.05) is 78.9 Å². The summed E-state index contributed by atoms with van der Waals surface area (Å²) in [7, 11) is 1.56. The third-order valence-corrected chi connectivity index (χ3v) is 13.3. The van der Waals surface area contributed by atoms with Crippen LogP contribution in [0, 0.1) is 5.41 Å². The third kappa shape index (κ3) is 7.99. The van der Waals surface area contributed by atoms with Crippen molar-refractivity contribution in [1.29, 1.82) is 0 Å².